The molecule has 0 atom stereocenters. The molecule has 0 N–H and O–H groups in total. The van der Waals surface area contributed by atoms with Gasteiger partial charge in [0, 0.05) is 18.1 Å². The Kier molecular flexibility index (Phi) is 5.74. The minimum absolute atomic E-state index is 0.0893. The predicted octanol–water partition coefficient (Wildman–Crippen LogP) is 5.55. The lowest BCUT2D eigenvalue weighted by Gasteiger charge is -2.14. The Morgan fingerprint density at radius 3 is 2.40 bits per heavy atom. The van der Waals surface area contributed by atoms with E-state index in [-0.39, 0.29) is 5.78 Å². The molecular weight excluding hydrogens is 295 g/mol. The van der Waals surface area contributed by atoms with Crippen molar-refractivity contribution in [2.24, 2.45) is 5.92 Å². The zero-order valence-electron chi connectivity index (χ0n) is 11.8. The largest absolute Gasteiger partial charge is 0.495 e. The normalized spacial score (nSPS) is 16.8. The first-order valence-corrected chi connectivity index (χ1v) is 7.93. The SMILES string of the molecule is COc1cc(Cl)c(C(=O)CC2CCCCCC2)cc1Cl. The molecule has 1 fully saturated rings. The van der Waals surface area contributed by atoms with Gasteiger partial charge in [0.2, 0.25) is 0 Å². The van der Waals surface area contributed by atoms with Gasteiger partial charge in [0.1, 0.15) is 5.75 Å². The molecule has 0 amide bonds. The van der Waals surface area contributed by atoms with Crippen LogP contribution in [0.2, 0.25) is 10.0 Å². The number of rotatable bonds is 4. The van der Waals surface area contributed by atoms with E-state index in [1.54, 1.807) is 12.1 Å². The number of hydrogen-bond donors (Lipinski definition) is 0. The molecule has 4 heteroatoms. The maximum Gasteiger partial charge on any atom is 0.164 e. The summed E-state index contributed by atoms with van der Waals surface area (Å²) in [7, 11) is 1.53. The molecule has 1 aliphatic rings. The molecule has 1 aromatic carbocycles. The van der Waals surface area contributed by atoms with E-state index < -0.39 is 0 Å². The van der Waals surface area contributed by atoms with E-state index in [4.69, 9.17) is 27.9 Å². The topological polar surface area (TPSA) is 26.3 Å². The Hall–Kier alpha value is -0.730. The van der Waals surface area contributed by atoms with Crippen LogP contribution in [0.5, 0.6) is 5.75 Å². The molecule has 0 aliphatic heterocycles. The average Bonchev–Trinajstić information content (AvgIpc) is 2.69. The zero-order valence-corrected chi connectivity index (χ0v) is 13.3. The minimum atomic E-state index is 0.0893. The lowest BCUT2D eigenvalue weighted by atomic mass is 9.92. The van der Waals surface area contributed by atoms with Gasteiger partial charge in [0.15, 0.2) is 5.78 Å². The highest BCUT2D eigenvalue weighted by atomic mass is 35.5. The van der Waals surface area contributed by atoms with Crippen LogP contribution in [0.3, 0.4) is 0 Å². The fourth-order valence-electron chi connectivity index (χ4n) is 2.84. The molecule has 0 saturated heterocycles. The van der Waals surface area contributed by atoms with E-state index in [2.05, 4.69) is 0 Å². The number of halogens is 2. The van der Waals surface area contributed by atoms with Crippen molar-refractivity contribution in [3.05, 3.63) is 27.7 Å². The number of carbonyl (C=O) groups excluding carboxylic acids is 1. The maximum atomic E-state index is 12.4. The molecule has 1 aromatic rings. The van der Waals surface area contributed by atoms with E-state index >= 15 is 0 Å². The van der Waals surface area contributed by atoms with Crippen LogP contribution in [-0.4, -0.2) is 12.9 Å². The third kappa shape index (κ3) is 3.89. The molecular formula is C16H20Cl2O2. The van der Waals surface area contributed by atoms with Gasteiger partial charge in [-0.1, -0.05) is 61.7 Å². The summed E-state index contributed by atoms with van der Waals surface area (Å²) < 4.78 is 5.10. The van der Waals surface area contributed by atoms with Crippen LogP contribution >= 0.6 is 23.2 Å². The van der Waals surface area contributed by atoms with Crippen LogP contribution in [0.1, 0.15) is 55.3 Å². The summed E-state index contributed by atoms with van der Waals surface area (Å²) in [6.45, 7) is 0. The molecule has 2 rings (SSSR count). The highest BCUT2D eigenvalue weighted by Crippen LogP contribution is 2.33. The Bertz CT molecular complexity index is 478. The summed E-state index contributed by atoms with van der Waals surface area (Å²) in [5.74, 6) is 1.08. The summed E-state index contributed by atoms with van der Waals surface area (Å²) in [6, 6.07) is 3.24. The molecule has 1 aliphatic carbocycles. The zero-order chi connectivity index (χ0) is 14.5. The Balaban J connectivity index is 2.10. The van der Waals surface area contributed by atoms with Crippen LogP contribution < -0.4 is 4.74 Å². The quantitative estimate of drug-likeness (QED) is 0.538. The van der Waals surface area contributed by atoms with Gasteiger partial charge in [-0.2, -0.15) is 0 Å². The molecule has 20 heavy (non-hydrogen) atoms. The van der Waals surface area contributed by atoms with Crippen molar-refractivity contribution in [2.75, 3.05) is 7.11 Å². The minimum Gasteiger partial charge on any atom is -0.495 e. The number of Topliss-reactive ketones (excluding diaryl/α,β-unsaturated/α-hetero) is 1. The summed E-state index contributed by atoms with van der Waals surface area (Å²) in [5.41, 5.74) is 0.515. The third-order valence-corrected chi connectivity index (χ3v) is 4.60. The molecule has 0 unspecified atom stereocenters. The van der Waals surface area contributed by atoms with Gasteiger partial charge in [-0.25, -0.2) is 0 Å². The van der Waals surface area contributed by atoms with Gasteiger partial charge in [0.05, 0.1) is 17.2 Å². The Morgan fingerprint density at radius 2 is 1.80 bits per heavy atom. The Morgan fingerprint density at radius 1 is 1.15 bits per heavy atom. The first-order valence-electron chi connectivity index (χ1n) is 7.18. The first kappa shape index (κ1) is 15.7. The number of methoxy groups -OCH3 is 1. The summed E-state index contributed by atoms with van der Waals surface area (Å²) in [5, 5.41) is 0.853. The lowest BCUT2D eigenvalue weighted by molar-refractivity contribution is 0.0957. The van der Waals surface area contributed by atoms with Gasteiger partial charge in [-0.05, 0) is 12.0 Å². The van der Waals surface area contributed by atoms with Crippen molar-refractivity contribution in [3.63, 3.8) is 0 Å². The summed E-state index contributed by atoms with van der Waals surface area (Å²) >= 11 is 12.2. The van der Waals surface area contributed by atoms with Crippen LogP contribution in [-0.2, 0) is 0 Å². The fraction of sp³-hybridized carbons (Fsp3) is 0.562. The van der Waals surface area contributed by atoms with Crippen molar-refractivity contribution in [1.82, 2.24) is 0 Å². The smallest absolute Gasteiger partial charge is 0.164 e. The van der Waals surface area contributed by atoms with Gasteiger partial charge in [0.25, 0.3) is 0 Å². The van der Waals surface area contributed by atoms with E-state index in [0.29, 0.717) is 33.7 Å². The van der Waals surface area contributed by atoms with Crippen LogP contribution in [0.4, 0.5) is 0 Å². The number of carbonyl (C=O) groups is 1. The standard InChI is InChI=1S/C16H20Cl2O2/c1-20-16-10-13(17)12(9-14(16)18)15(19)8-11-6-4-2-3-5-7-11/h9-11H,2-8H2,1H3. The molecule has 0 bridgehead atoms. The molecule has 0 aromatic heterocycles. The van der Waals surface area contributed by atoms with E-state index in [9.17, 15) is 4.79 Å². The highest BCUT2D eigenvalue weighted by molar-refractivity contribution is 6.36. The second kappa shape index (κ2) is 7.33. The van der Waals surface area contributed by atoms with E-state index in [1.165, 1.54) is 32.8 Å². The van der Waals surface area contributed by atoms with Crippen LogP contribution in [0.15, 0.2) is 12.1 Å². The third-order valence-electron chi connectivity index (χ3n) is 3.99. The van der Waals surface area contributed by atoms with Crippen molar-refractivity contribution in [3.8, 4) is 5.75 Å². The number of benzene rings is 1. The van der Waals surface area contributed by atoms with Crippen molar-refractivity contribution in [1.29, 1.82) is 0 Å². The second-order valence-corrected chi connectivity index (χ2v) is 6.27. The molecule has 0 heterocycles. The predicted molar refractivity (Wildman–Crippen MR) is 83.2 cm³/mol. The van der Waals surface area contributed by atoms with Crippen molar-refractivity contribution in [2.45, 2.75) is 44.9 Å². The molecule has 110 valence electrons. The Labute approximate surface area is 130 Å². The molecule has 2 nitrogen and oxygen atoms in total. The van der Waals surface area contributed by atoms with E-state index in [0.717, 1.165) is 12.8 Å². The highest BCUT2D eigenvalue weighted by Gasteiger charge is 2.20. The van der Waals surface area contributed by atoms with Gasteiger partial charge < -0.3 is 4.74 Å². The first-order chi connectivity index (χ1) is 9.61. The monoisotopic (exact) mass is 314 g/mol. The molecule has 1 saturated carbocycles. The molecule has 0 spiro atoms. The van der Waals surface area contributed by atoms with Gasteiger partial charge in [-0.15, -0.1) is 0 Å². The second-order valence-electron chi connectivity index (χ2n) is 5.45. The molecule has 0 radical (unpaired) electrons. The van der Waals surface area contributed by atoms with Gasteiger partial charge >= 0.3 is 0 Å². The number of hydrogen-bond acceptors (Lipinski definition) is 2. The maximum absolute atomic E-state index is 12.4. The van der Waals surface area contributed by atoms with Gasteiger partial charge in [-0.3, -0.25) is 4.79 Å². The summed E-state index contributed by atoms with van der Waals surface area (Å²) in [4.78, 5) is 12.4. The average molecular weight is 315 g/mol. The van der Waals surface area contributed by atoms with Crippen LogP contribution in [0.25, 0.3) is 0 Å². The summed E-state index contributed by atoms with van der Waals surface area (Å²) in [6.07, 6.45) is 7.91. The van der Waals surface area contributed by atoms with Crippen LogP contribution in [0, 0.1) is 5.92 Å². The van der Waals surface area contributed by atoms with Crippen molar-refractivity contribution < 1.29 is 9.53 Å². The van der Waals surface area contributed by atoms with E-state index in [1.807, 2.05) is 0 Å². The lowest BCUT2D eigenvalue weighted by Crippen LogP contribution is -2.09. The number of ketones is 1. The van der Waals surface area contributed by atoms with Crippen molar-refractivity contribution >= 4 is 29.0 Å². The number of ether oxygens (including phenoxy) is 1. The fourth-order valence-corrected chi connectivity index (χ4v) is 3.34.